The van der Waals surface area contributed by atoms with Crippen molar-refractivity contribution in [1.82, 2.24) is 25.7 Å². The van der Waals surface area contributed by atoms with Gasteiger partial charge in [-0.05, 0) is 18.9 Å². The third-order valence-electron chi connectivity index (χ3n) is 3.53. The lowest BCUT2D eigenvalue weighted by Gasteiger charge is -2.37. The van der Waals surface area contributed by atoms with E-state index in [0.717, 1.165) is 0 Å². The summed E-state index contributed by atoms with van der Waals surface area (Å²) in [4.78, 5) is 36.9. The van der Waals surface area contributed by atoms with Crippen molar-refractivity contribution in [3.8, 4) is 0 Å². The number of nitrogens with one attached hydrogen (secondary N) is 3. The van der Waals surface area contributed by atoms with Gasteiger partial charge in [0.25, 0.3) is 11.8 Å². The Labute approximate surface area is 108 Å². The van der Waals surface area contributed by atoms with Gasteiger partial charge in [0, 0.05) is 12.7 Å². The van der Waals surface area contributed by atoms with E-state index in [1.54, 1.807) is 11.0 Å². The maximum absolute atomic E-state index is 12.2. The molecule has 0 bridgehead atoms. The molecule has 1 aromatic heterocycles. The van der Waals surface area contributed by atoms with Crippen LogP contribution in [0, 0.1) is 0 Å². The lowest BCUT2D eigenvalue weighted by atomic mass is 9.89. The topological polar surface area (TPSA) is 107 Å². The molecule has 2 aliphatic rings. The fraction of sp³-hybridized carbons (Fsp3) is 0.455. The van der Waals surface area contributed by atoms with Crippen molar-refractivity contribution in [2.75, 3.05) is 13.1 Å². The molecule has 4 amide bonds. The number of aromatic amines is 1. The van der Waals surface area contributed by atoms with E-state index in [4.69, 9.17) is 0 Å². The Kier molecular flexibility index (Phi) is 2.51. The Hall–Kier alpha value is -2.38. The van der Waals surface area contributed by atoms with Gasteiger partial charge in [0.2, 0.25) is 0 Å². The fourth-order valence-electron chi connectivity index (χ4n) is 2.59. The van der Waals surface area contributed by atoms with E-state index in [2.05, 4.69) is 20.8 Å². The molecule has 0 aromatic carbocycles. The van der Waals surface area contributed by atoms with Crippen molar-refractivity contribution in [3.05, 3.63) is 18.0 Å². The van der Waals surface area contributed by atoms with Crippen molar-refractivity contribution in [1.29, 1.82) is 0 Å². The fourth-order valence-corrected chi connectivity index (χ4v) is 2.59. The standard InChI is InChI=1S/C11H13N5O3/c17-8(7-2-4-12-15-7)16-5-1-3-11(6-16)9(18)13-10(19)14-11/h2,4H,1,3,5-6H2,(H,12,15)(H2,13,14,18,19). The molecule has 100 valence electrons. The molecule has 1 spiro atoms. The Balaban J connectivity index is 1.80. The van der Waals surface area contributed by atoms with E-state index >= 15 is 0 Å². The van der Waals surface area contributed by atoms with Gasteiger partial charge >= 0.3 is 6.03 Å². The van der Waals surface area contributed by atoms with Crippen LogP contribution < -0.4 is 10.6 Å². The molecular weight excluding hydrogens is 250 g/mol. The average molecular weight is 263 g/mol. The van der Waals surface area contributed by atoms with Crippen LogP contribution >= 0.6 is 0 Å². The van der Waals surface area contributed by atoms with Gasteiger partial charge in [0.05, 0.1) is 6.54 Å². The van der Waals surface area contributed by atoms with Crippen molar-refractivity contribution in [2.45, 2.75) is 18.4 Å². The number of carbonyl (C=O) groups excluding carboxylic acids is 3. The summed E-state index contributed by atoms with van der Waals surface area (Å²) >= 11 is 0. The van der Waals surface area contributed by atoms with Crippen LogP contribution in [0.2, 0.25) is 0 Å². The van der Waals surface area contributed by atoms with Gasteiger partial charge in [0.1, 0.15) is 11.2 Å². The normalized spacial score (nSPS) is 26.4. The highest BCUT2D eigenvalue weighted by atomic mass is 16.2. The van der Waals surface area contributed by atoms with E-state index in [-0.39, 0.29) is 18.4 Å². The number of aromatic nitrogens is 2. The van der Waals surface area contributed by atoms with Crippen molar-refractivity contribution < 1.29 is 14.4 Å². The molecule has 3 heterocycles. The Morgan fingerprint density at radius 3 is 2.89 bits per heavy atom. The quantitative estimate of drug-likeness (QED) is 0.578. The molecule has 1 atom stereocenters. The van der Waals surface area contributed by atoms with Crippen LogP contribution in [0.1, 0.15) is 23.3 Å². The summed E-state index contributed by atoms with van der Waals surface area (Å²) in [6.45, 7) is 0.741. The highest BCUT2D eigenvalue weighted by Gasteiger charge is 2.49. The zero-order chi connectivity index (χ0) is 13.5. The van der Waals surface area contributed by atoms with Gasteiger partial charge in [-0.2, -0.15) is 5.10 Å². The maximum Gasteiger partial charge on any atom is 0.322 e. The Morgan fingerprint density at radius 2 is 2.26 bits per heavy atom. The van der Waals surface area contributed by atoms with Crippen LogP contribution in [0.4, 0.5) is 4.79 Å². The summed E-state index contributed by atoms with van der Waals surface area (Å²) in [6, 6.07) is 1.08. The number of likely N-dealkylation sites (tertiary alicyclic amines) is 1. The molecule has 2 saturated heterocycles. The van der Waals surface area contributed by atoms with Crippen LogP contribution in [0.5, 0.6) is 0 Å². The summed E-state index contributed by atoms with van der Waals surface area (Å²) in [7, 11) is 0. The molecule has 3 N–H and O–H groups in total. The molecule has 19 heavy (non-hydrogen) atoms. The minimum atomic E-state index is -0.981. The SMILES string of the molecule is O=C1NC(=O)C2(CCCN(C(=O)c3ccn[nH]3)C2)N1. The summed E-state index contributed by atoms with van der Waals surface area (Å²) in [5.74, 6) is -0.579. The number of nitrogens with zero attached hydrogens (tertiary/aromatic N) is 2. The molecule has 0 saturated carbocycles. The van der Waals surface area contributed by atoms with Crippen LogP contribution in [-0.4, -0.2) is 51.6 Å². The third-order valence-corrected chi connectivity index (χ3v) is 3.53. The van der Waals surface area contributed by atoms with Crippen LogP contribution in [-0.2, 0) is 4.79 Å². The second-order valence-electron chi connectivity index (χ2n) is 4.79. The predicted molar refractivity (Wildman–Crippen MR) is 63.1 cm³/mol. The van der Waals surface area contributed by atoms with Gasteiger partial charge in [-0.25, -0.2) is 4.79 Å². The van der Waals surface area contributed by atoms with Crippen LogP contribution in [0.3, 0.4) is 0 Å². The number of piperidine rings is 1. The monoisotopic (exact) mass is 263 g/mol. The number of hydrogen-bond acceptors (Lipinski definition) is 4. The zero-order valence-corrected chi connectivity index (χ0v) is 10.1. The largest absolute Gasteiger partial charge is 0.334 e. The first-order valence-corrected chi connectivity index (χ1v) is 6.03. The van der Waals surface area contributed by atoms with Crippen molar-refractivity contribution >= 4 is 17.8 Å². The number of imide groups is 1. The maximum atomic E-state index is 12.2. The molecule has 2 fully saturated rings. The number of urea groups is 1. The first-order chi connectivity index (χ1) is 9.11. The molecule has 0 radical (unpaired) electrons. The van der Waals surface area contributed by atoms with Crippen molar-refractivity contribution in [3.63, 3.8) is 0 Å². The minimum Gasteiger partial charge on any atom is -0.334 e. The van der Waals surface area contributed by atoms with E-state index in [9.17, 15) is 14.4 Å². The van der Waals surface area contributed by atoms with E-state index in [1.165, 1.54) is 6.20 Å². The molecule has 3 rings (SSSR count). The molecule has 1 aromatic rings. The molecule has 0 aliphatic carbocycles. The Bertz CT molecular complexity index is 541. The number of amides is 4. The zero-order valence-electron chi connectivity index (χ0n) is 10.1. The number of H-pyrrole nitrogens is 1. The number of rotatable bonds is 1. The second kappa shape index (κ2) is 4.08. The van der Waals surface area contributed by atoms with E-state index in [0.29, 0.717) is 25.1 Å². The molecule has 8 heteroatoms. The smallest absolute Gasteiger partial charge is 0.322 e. The van der Waals surface area contributed by atoms with Gasteiger partial charge in [0.15, 0.2) is 0 Å². The lowest BCUT2D eigenvalue weighted by molar-refractivity contribution is -0.125. The first-order valence-electron chi connectivity index (χ1n) is 6.03. The van der Waals surface area contributed by atoms with Gasteiger partial charge in [-0.15, -0.1) is 0 Å². The molecule has 2 aliphatic heterocycles. The molecular formula is C11H13N5O3. The predicted octanol–water partition coefficient (Wildman–Crippen LogP) is -0.776. The summed E-state index contributed by atoms with van der Waals surface area (Å²) < 4.78 is 0. The third kappa shape index (κ3) is 1.85. The Morgan fingerprint density at radius 1 is 1.42 bits per heavy atom. The van der Waals surface area contributed by atoms with Crippen LogP contribution in [0.15, 0.2) is 12.3 Å². The minimum absolute atomic E-state index is 0.183. The highest BCUT2D eigenvalue weighted by molar-refractivity contribution is 6.07. The summed E-state index contributed by atoms with van der Waals surface area (Å²) in [6.07, 6.45) is 2.70. The van der Waals surface area contributed by atoms with Crippen LogP contribution in [0.25, 0.3) is 0 Å². The highest BCUT2D eigenvalue weighted by Crippen LogP contribution is 2.25. The number of carbonyl (C=O) groups is 3. The van der Waals surface area contributed by atoms with Gasteiger partial charge < -0.3 is 10.2 Å². The number of hydrogen-bond donors (Lipinski definition) is 3. The van der Waals surface area contributed by atoms with Crippen molar-refractivity contribution in [2.24, 2.45) is 0 Å². The summed E-state index contributed by atoms with van der Waals surface area (Å²) in [5.41, 5.74) is -0.604. The van der Waals surface area contributed by atoms with Gasteiger partial charge in [-0.3, -0.25) is 20.0 Å². The average Bonchev–Trinajstić information content (AvgIpc) is 2.99. The molecule has 8 nitrogen and oxygen atoms in total. The molecule has 1 unspecified atom stereocenters. The summed E-state index contributed by atoms with van der Waals surface area (Å²) in [5, 5.41) is 11.2. The van der Waals surface area contributed by atoms with Gasteiger partial charge in [-0.1, -0.05) is 0 Å². The van der Waals surface area contributed by atoms with E-state index < -0.39 is 11.6 Å². The van der Waals surface area contributed by atoms with E-state index in [1.807, 2.05) is 0 Å². The second-order valence-corrected chi connectivity index (χ2v) is 4.79. The lowest BCUT2D eigenvalue weighted by Crippen LogP contribution is -2.59. The first kappa shape index (κ1) is 11.7.